The number of nitrogens with two attached hydrogens (primary N) is 1. The van der Waals surface area contributed by atoms with Gasteiger partial charge in [-0.05, 0) is 55.1 Å². The molecule has 0 spiro atoms. The number of nitrogens with zero attached hydrogens (tertiary/aromatic N) is 2. The molecule has 5 nitrogen and oxygen atoms in total. The van der Waals surface area contributed by atoms with Crippen molar-refractivity contribution < 1.29 is 4.79 Å². The first-order valence-electron chi connectivity index (χ1n) is 8.31. The summed E-state index contributed by atoms with van der Waals surface area (Å²) in [7, 11) is 0. The molecule has 1 saturated carbocycles. The van der Waals surface area contributed by atoms with E-state index in [1.807, 2.05) is 36.5 Å². The summed E-state index contributed by atoms with van der Waals surface area (Å²) in [5.74, 6) is 0.0594. The second-order valence-electron chi connectivity index (χ2n) is 6.49. The Kier molecular flexibility index (Phi) is 6.40. The van der Waals surface area contributed by atoms with Crippen LogP contribution in [0, 0.1) is 5.41 Å². The van der Waals surface area contributed by atoms with E-state index in [-0.39, 0.29) is 23.7 Å². The van der Waals surface area contributed by atoms with E-state index in [1.165, 1.54) is 19.3 Å². The van der Waals surface area contributed by atoms with Crippen LogP contribution in [0.4, 0.5) is 5.69 Å². The first kappa shape index (κ1) is 18.5. The molecule has 1 aromatic carbocycles. The highest BCUT2D eigenvalue weighted by atomic mass is 35.5. The Hall–Kier alpha value is -1.85. The van der Waals surface area contributed by atoms with E-state index in [9.17, 15) is 4.79 Å². The Morgan fingerprint density at radius 2 is 1.92 bits per heavy atom. The highest BCUT2D eigenvalue weighted by molar-refractivity contribution is 5.91. The molecule has 1 aliphatic carbocycles. The molecule has 0 unspecified atom stereocenters. The number of benzene rings is 1. The van der Waals surface area contributed by atoms with Crippen LogP contribution in [0.2, 0.25) is 0 Å². The van der Waals surface area contributed by atoms with Gasteiger partial charge in [-0.25, -0.2) is 4.68 Å². The van der Waals surface area contributed by atoms with Crippen LogP contribution in [0.5, 0.6) is 0 Å². The Bertz CT molecular complexity index is 634. The molecule has 1 aliphatic rings. The minimum absolute atomic E-state index is 0. The standard InChI is InChI=1S/C18H24N4O.ClH/c19-14-18(9-2-1-3-10-18)13-17(23)21-15-5-7-16(8-6-15)22-12-4-11-20-22;/h4-8,11-12H,1-3,9-10,13-14,19H2,(H,21,23);1H. The average Bonchev–Trinajstić information content (AvgIpc) is 3.11. The summed E-state index contributed by atoms with van der Waals surface area (Å²) in [6.07, 6.45) is 9.91. The van der Waals surface area contributed by atoms with Gasteiger partial charge in [0.1, 0.15) is 0 Å². The second kappa shape index (κ2) is 8.31. The van der Waals surface area contributed by atoms with Crippen molar-refractivity contribution >= 4 is 24.0 Å². The molecule has 0 radical (unpaired) electrons. The van der Waals surface area contributed by atoms with E-state index in [4.69, 9.17) is 5.73 Å². The van der Waals surface area contributed by atoms with E-state index in [0.717, 1.165) is 24.2 Å². The van der Waals surface area contributed by atoms with Crippen LogP contribution in [0.1, 0.15) is 38.5 Å². The maximum Gasteiger partial charge on any atom is 0.224 e. The number of aromatic nitrogens is 2. The molecule has 0 bridgehead atoms. The normalized spacial score (nSPS) is 16.2. The van der Waals surface area contributed by atoms with Gasteiger partial charge in [-0.2, -0.15) is 5.10 Å². The number of hydrogen-bond donors (Lipinski definition) is 2. The van der Waals surface area contributed by atoms with E-state index >= 15 is 0 Å². The number of anilines is 1. The highest BCUT2D eigenvalue weighted by Crippen LogP contribution is 2.38. The van der Waals surface area contributed by atoms with Crippen molar-refractivity contribution in [3.05, 3.63) is 42.7 Å². The lowest BCUT2D eigenvalue weighted by atomic mass is 9.71. The zero-order chi connectivity index (χ0) is 16.1. The lowest BCUT2D eigenvalue weighted by Gasteiger charge is -2.35. The monoisotopic (exact) mass is 348 g/mol. The predicted octanol–water partition coefficient (Wildman–Crippen LogP) is 3.53. The van der Waals surface area contributed by atoms with Crippen LogP contribution in [0.25, 0.3) is 5.69 Å². The minimum Gasteiger partial charge on any atom is -0.330 e. The summed E-state index contributed by atoms with van der Waals surface area (Å²) >= 11 is 0. The SMILES string of the molecule is Cl.NCC1(CC(=O)Nc2ccc(-n3cccn3)cc2)CCCCC1. The fourth-order valence-electron chi connectivity index (χ4n) is 3.42. The van der Waals surface area contributed by atoms with Crippen LogP contribution in [0.3, 0.4) is 0 Å². The summed E-state index contributed by atoms with van der Waals surface area (Å²) < 4.78 is 1.79. The second-order valence-corrected chi connectivity index (χ2v) is 6.49. The van der Waals surface area contributed by atoms with Crippen LogP contribution in [-0.2, 0) is 4.79 Å². The van der Waals surface area contributed by atoms with Crippen LogP contribution in [-0.4, -0.2) is 22.2 Å². The number of hydrogen-bond acceptors (Lipinski definition) is 3. The molecular weight excluding hydrogens is 324 g/mol. The summed E-state index contributed by atoms with van der Waals surface area (Å²) in [5, 5.41) is 7.19. The van der Waals surface area contributed by atoms with Gasteiger partial charge >= 0.3 is 0 Å². The van der Waals surface area contributed by atoms with Crippen molar-refractivity contribution in [3.63, 3.8) is 0 Å². The maximum absolute atomic E-state index is 12.4. The third-order valence-corrected chi connectivity index (χ3v) is 4.80. The van der Waals surface area contributed by atoms with Crippen LogP contribution in [0.15, 0.2) is 42.7 Å². The van der Waals surface area contributed by atoms with E-state index in [2.05, 4.69) is 10.4 Å². The lowest BCUT2D eigenvalue weighted by Crippen LogP contribution is -2.36. The minimum atomic E-state index is -0.00264. The summed E-state index contributed by atoms with van der Waals surface area (Å²) in [6, 6.07) is 9.59. The van der Waals surface area contributed by atoms with Crippen molar-refractivity contribution in [2.75, 3.05) is 11.9 Å². The Balaban J connectivity index is 0.00000208. The first-order chi connectivity index (χ1) is 11.2. The smallest absolute Gasteiger partial charge is 0.224 e. The molecule has 2 aromatic rings. The van der Waals surface area contributed by atoms with Gasteiger partial charge in [0, 0.05) is 24.5 Å². The van der Waals surface area contributed by atoms with Crippen LogP contribution < -0.4 is 11.1 Å². The van der Waals surface area contributed by atoms with Crippen molar-refractivity contribution in [1.29, 1.82) is 0 Å². The molecule has 1 amide bonds. The molecule has 1 fully saturated rings. The van der Waals surface area contributed by atoms with Gasteiger partial charge in [-0.15, -0.1) is 12.4 Å². The molecule has 130 valence electrons. The average molecular weight is 349 g/mol. The summed E-state index contributed by atoms with van der Waals surface area (Å²) in [4.78, 5) is 12.4. The van der Waals surface area contributed by atoms with Crippen molar-refractivity contribution in [2.45, 2.75) is 38.5 Å². The molecule has 3 rings (SSSR count). The maximum atomic E-state index is 12.4. The van der Waals surface area contributed by atoms with Crippen LogP contribution >= 0.6 is 12.4 Å². The fourth-order valence-corrected chi connectivity index (χ4v) is 3.42. The van der Waals surface area contributed by atoms with E-state index in [0.29, 0.717) is 13.0 Å². The largest absolute Gasteiger partial charge is 0.330 e. The first-order valence-corrected chi connectivity index (χ1v) is 8.31. The van der Waals surface area contributed by atoms with Crippen molar-refractivity contribution in [3.8, 4) is 5.69 Å². The molecule has 1 aromatic heterocycles. The van der Waals surface area contributed by atoms with Gasteiger partial charge in [0.2, 0.25) is 5.91 Å². The van der Waals surface area contributed by atoms with Gasteiger partial charge in [0.15, 0.2) is 0 Å². The Morgan fingerprint density at radius 1 is 1.21 bits per heavy atom. The quantitative estimate of drug-likeness (QED) is 0.868. The molecule has 0 aliphatic heterocycles. The molecule has 24 heavy (non-hydrogen) atoms. The molecule has 3 N–H and O–H groups in total. The molecule has 1 heterocycles. The number of nitrogens with one attached hydrogen (secondary N) is 1. The van der Waals surface area contributed by atoms with Crippen molar-refractivity contribution in [2.24, 2.45) is 11.1 Å². The molecular formula is C18H25ClN4O. The number of carbonyl (C=O) groups is 1. The van der Waals surface area contributed by atoms with E-state index < -0.39 is 0 Å². The summed E-state index contributed by atoms with van der Waals surface area (Å²) in [6.45, 7) is 0.596. The molecule has 0 atom stereocenters. The van der Waals surface area contributed by atoms with Gasteiger partial charge in [-0.1, -0.05) is 19.3 Å². The Labute approximate surface area is 149 Å². The number of halogens is 1. The predicted molar refractivity (Wildman–Crippen MR) is 98.6 cm³/mol. The zero-order valence-electron chi connectivity index (χ0n) is 13.8. The van der Waals surface area contributed by atoms with Gasteiger partial charge in [-0.3, -0.25) is 4.79 Å². The molecule has 6 heteroatoms. The third kappa shape index (κ3) is 4.36. The highest BCUT2D eigenvalue weighted by Gasteiger charge is 2.32. The van der Waals surface area contributed by atoms with Gasteiger partial charge in [0.25, 0.3) is 0 Å². The fraction of sp³-hybridized carbons (Fsp3) is 0.444. The number of amides is 1. The number of carbonyl (C=O) groups excluding carboxylic acids is 1. The third-order valence-electron chi connectivity index (χ3n) is 4.80. The lowest BCUT2D eigenvalue weighted by molar-refractivity contribution is -0.118. The number of rotatable bonds is 5. The van der Waals surface area contributed by atoms with Gasteiger partial charge in [0.05, 0.1) is 5.69 Å². The Morgan fingerprint density at radius 3 is 2.50 bits per heavy atom. The topological polar surface area (TPSA) is 72.9 Å². The van der Waals surface area contributed by atoms with E-state index in [1.54, 1.807) is 10.9 Å². The summed E-state index contributed by atoms with van der Waals surface area (Å²) in [5.41, 5.74) is 7.75. The zero-order valence-corrected chi connectivity index (χ0v) is 14.6. The van der Waals surface area contributed by atoms with Gasteiger partial charge < -0.3 is 11.1 Å². The van der Waals surface area contributed by atoms with Crippen molar-refractivity contribution in [1.82, 2.24) is 9.78 Å². The molecule has 0 saturated heterocycles.